The Morgan fingerprint density at radius 2 is 1.67 bits per heavy atom. The van der Waals surface area contributed by atoms with Crippen LogP contribution in [0.25, 0.3) is 0 Å². The summed E-state index contributed by atoms with van der Waals surface area (Å²) in [6.45, 7) is -0.248. The van der Waals surface area contributed by atoms with Crippen LogP contribution in [0.2, 0.25) is 0 Å². The highest BCUT2D eigenvalue weighted by Gasteiger charge is 2.47. The largest absolute Gasteiger partial charge is 0.354 e. The van der Waals surface area contributed by atoms with E-state index in [2.05, 4.69) is 15.9 Å². The minimum atomic E-state index is -4.10. The third kappa shape index (κ3) is 4.47. The average Bonchev–Trinajstić information content (AvgIpc) is 3.04. The van der Waals surface area contributed by atoms with E-state index in [0.717, 1.165) is 13.7 Å². The van der Waals surface area contributed by atoms with Gasteiger partial charge in [0.15, 0.2) is 6.29 Å². The number of nitrogens with zero attached hydrogens (tertiary/aromatic N) is 2. The van der Waals surface area contributed by atoms with Crippen molar-refractivity contribution in [3.8, 4) is 0 Å². The van der Waals surface area contributed by atoms with Gasteiger partial charge in [-0.3, -0.25) is 9.59 Å². The third-order valence-corrected chi connectivity index (χ3v) is 7.18. The first kappa shape index (κ1) is 22.6. The second-order valence-electron chi connectivity index (χ2n) is 6.55. The number of hydrogen-bond acceptors (Lipinski definition) is 6. The molecule has 30 heavy (non-hydrogen) atoms. The minimum Gasteiger partial charge on any atom is -0.354 e. The molecule has 1 atom stereocenters. The van der Waals surface area contributed by atoms with Crippen molar-refractivity contribution >= 4 is 43.5 Å². The van der Waals surface area contributed by atoms with Crippen molar-refractivity contribution < 1.29 is 27.5 Å². The summed E-state index contributed by atoms with van der Waals surface area (Å²) in [5.74, 6) is -1.10. The van der Waals surface area contributed by atoms with Gasteiger partial charge in [-0.15, -0.1) is 0 Å². The molecule has 0 bridgehead atoms. The number of halogens is 1. The molecule has 1 saturated heterocycles. The summed E-state index contributed by atoms with van der Waals surface area (Å²) in [5, 5.41) is 0. The lowest BCUT2D eigenvalue weighted by Crippen LogP contribution is -2.49. The molecule has 8 nitrogen and oxygen atoms in total. The van der Waals surface area contributed by atoms with Crippen molar-refractivity contribution in [2.45, 2.75) is 23.6 Å². The molecule has 0 aliphatic carbocycles. The van der Waals surface area contributed by atoms with E-state index in [-0.39, 0.29) is 17.9 Å². The quantitative estimate of drug-likeness (QED) is 0.411. The fraction of sp³-hybridized carbons (Fsp3) is 0.300. The van der Waals surface area contributed by atoms with Crippen LogP contribution in [0.1, 0.15) is 6.42 Å². The Morgan fingerprint density at radius 3 is 2.23 bits per heavy atom. The van der Waals surface area contributed by atoms with Crippen molar-refractivity contribution in [1.29, 1.82) is 0 Å². The molecule has 1 heterocycles. The second kappa shape index (κ2) is 9.36. The van der Waals surface area contributed by atoms with Crippen molar-refractivity contribution in [2.24, 2.45) is 0 Å². The van der Waals surface area contributed by atoms with Crippen molar-refractivity contribution in [1.82, 2.24) is 4.31 Å². The van der Waals surface area contributed by atoms with Crippen LogP contribution in [0.15, 0.2) is 64.0 Å². The fourth-order valence-electron chi connectivity index (χ4n) is 3.22. The summed E-state index contributed by atoms with van der Waals surface area (Å²) in [7, 11) is -1.36. The highest BCUT2D eigenvalue weighted by Crippen LogP contribution is 2.30. The molecule has 2 aromatic rings. The van der Waals surface area contributed by atoms with Crippen LogP contribution in [0.4, 0.5) is 5.69 Å². The summed E-state index contributed by atoms with van der Waals surface area (Å²) in [4.78, 5) is 26.9. The maximum absolute atomic E-state index is 13.4. The zero-order valence-electron chi connectivity index (χ0n) is 16.4. The maximum Gasteiger partial charge on any atom is 0.252 e. The Hall–Kier alpha value is -2.11. The van der Waals surface area contributed by atoms with Crippen LogP contribution in [-0.4, -0.2) is 57.6 Å². The van der Waals surface area contributed by atoms with E-state index in [0.29, 0.717) is 5.69 Å². The average molecular weight is 497 g/mol. The maximum atomic E-state index is 13.4. The first-order valence-corrected chi connectivity index (χ1v) is 11.3. The lowest BCUT2D eigenvalue weighted by molar-refractivity contribution is -0.125. The van der Waals surface area contributed by atoms with E-state index >= 15 is 0 Å². The topological polar surface area (TPSA) is 93.2 Å². The highest BCUT2D eigenvalue weighted by molar-refractivity contribution is 9.10. The molecule has 3 rings (SSSR count). The Kier molecular flexibility index (Phi) is 7.04. The van der Waals surface area contributed by atoms with E-state index in [1.165, 1.54) is 26.4 Å². The van der Waals surface area contributed by atoms with Gasteiger partial charge in [0.05, 0.1) is 23.5 Å². The monoisotopic (exact) mass is 496 g/mol. The number of rotatable bonds is 8. The van der Waals surface area contributed by atoms with Gasteiger partial charge >= 0.3 is 0 Å². The van der Waals surface area contributed by atoms with Gasteiger partial charge in [0.25, 0.3) is 5.91 Å². The third-order valence-electron chi connectivity index (χ3n) is 4.76. The molecule has 2 aromatic carbocycles. The van der Waals surface area contributed by atoms with Crippen molar-refractivity contribution in [2.75, 3.05) is 25.7 Å². The summed E-state index contributed by atoms with van der Waals surface area (Å²) < 4.78 is 38.8. The van der Waals surface area contributed by atoms with Crippen LogP contribution >= 0.6 is 15.9 Å². The van der Waals surface area contributed by atoms with Gasteiger partial charge in [-0.2, -0.15) is 4.31 Å². The summed E-state index contributed by atoms with van der Waals surface area (Å²) >= 11 is 3.31. The number of carbonyl (C=O) groups is 2. The number of hydrogen-bond donors (Lipinski definition) is 0. The van der Waals surface area contributed by atoms with Gasteiger partial charge < -0.3 is 9.47 Å². The van der Waals surface area contributed by atoms with Gasteiger partial charge in [-0.25, -0.2) is 13.3 Å². The lowest BCUT2D eigenvalue weighted by Gasteiger charge is -2.29. The molecule has 0 radical (unpaired) electrons. The fourth-order valence-corrected chi connectivity index (χ4v) is 5.07. The standard InChI is InChI=1S/C20H21BrN2O6S/c1-28-19(29-2)13-22(30(26,27)16-6-4-3-5-7-16)17-12-18(24)23(20(17)25)15-10-8-14(21)9-11-15/h3-11,17,19H,12-13H2,1-2H3. The molecular formula is C20H21BrN2O6S. The SMILES string of the molecule is COC(CN(C1CC(=O)N(c2ccc(Br)cc2)C1=O)S(=O)(=O)c1ccccc1)OC. The number of ether oxygens (including phenoxy) is 2. The number of sulfonamides is 1. The lowest BCUT2D eigenvalue weighted by atomic mass is 10.2. The van der Waals surface area contributed by atoms with E-state index < -0.39 is 34.2 Å². The van der Waals surface area contributed by atoms with Gasteiger partial charge in [-0.05, 0) is 36.4 Å². The highest BCUT2D eigenvalue weighted by atomic mass is 79.9. The van der Waals surface area contributed by atoms with Gasteiger partial charge in [0.1, 0.15) is 6.04 Å². The molecular weight excluding hydrogens is 476 g/mol. The first-order valence-electron chi connectivity index (χ1n) is 9.04. The van der Waals surface area contributed by atoms with Gasteiger partial charge in [-0.1, -0.05) is 34.1 Å². The number of anilines is 1. The molecule has 0 N–H and O–H groups in total. The van der Waals surface area contributed by atoms with E-state index in [4.69, 9.17) is 9.47 Å². The van der Waals surface area contributed by atoms with E-state index in [1.54, 1.807) is 42.5 Å². The van der Waals surface area contributed by atoms with Crippen LogP contribution in [0.3, 0.4) is 0 Å². The van der Waals surface area contributed by atoms with Crippen molar-refractivity contribution in [3.63, 3.8) is 0 Å². The number of methoxy groups -OCH3 is 2. The molecule has 0 aromatic heterocycles. The summed E-state index contributed by atoms with van der Waals surface area (Å²) in [6, 6.07) is 13.2. The summed E-state index contributed by atoms with van der Waals surface area (Å²) in [6.07, 6.45) is -1.19. The Balaban J connectivity index is 2.00. The second-order valence-corrected chi connectivity index (χ2v) is 9.36. The predicted molar refractivity (Wildman–Crippen MR) is 113 cm³/mol. The number of amides is 2. The van der Waals surface area contributed by atoms with Crippen LogP contribution < -0.4 is 4.90 Å². The Morgan fingerprint density at radius 1 is 1.07 bits per heavy atom. The van der Waals surface area contributed by atoms with Gasteiger partial charge in [0.2, 0.25) is 15.9 Å². The molecule has 1 unspecified atom stereocenters. The molecule has 0 spiro atoms. The first-order chi connectivity index (χ1) is 14.3. The number of carbonyl (C=O) groups excluding carboxylic acids is 2. The Bertz CT molecular complexity index is 1010. The molecule has 0 saturated carbocycles. The van der Waals surface area contributed by atoms with E-state index in [9.17, 15) is 18.0 Å². The number of benzene rings is 2. The zero-order chi connectivity index (χ0) is 21.9. The van der Waals surface area contributed by atoms with Gasteiger partial charge in [0, 0.05) is 18.7 Å². The van der Waals surface area contributed by atoms with Crippen molar-refractivity contribution in [3.05, 3.63) is 59.1 Å². The zero-order valence-corrected chi connectivity index (χ0v) is 18.8. The minimum absolute atomic E-state index is 0.0123. The normalized spacial score (nSPS) is 17.4. The number of imide groups is 1. The molecule has 1 aliphatic rings. The predicted octanol–water partition coefficient (Wildman–Crippen LogP) is 2.39. The van der Waals surface area contributed by atoms with Crippen LogP contribution in [-0.2, 0) is 29.1 Å². The molecule has 1 fully saturated rings. The molecule has 2 amide bonds. The smallest absolute Gasteiger partial charge is 0.252 e. The molecule has 10 heteroatoms. The summed E-state index contributed by atoms with van der Waals surface area (Å²) in [5.41, 5.74) is 0.378. The Labute approximate surface area is 183 Å². The van der Waals surface area contributed by atoms with E-state index in [1.807, 2.05) is 0 Å². The molecule has 160 valence electrons. The van der Waals surface area contributed by atoms with Crippen LogP contribution in [0.5, 0.6) is 0 Å². The molecule has 1 aliphatic heterocycles. The van der Waals surface area contributed by atoms with Crippen LogP contribution in [0, 0.1) is 0 Å².